The average Bonchev–Trinajstić information content (AvgIpc) is 3.17. The molecule has 0 fully saturated rings. The van der Waals surface area contributed by atoms with E-state index in [2.05, 4.69) is 20.4 Å². The predicted octanol–water partition coefficient (Wildman–Crippen LogP) is 2.50. The van der Waals surface area contributed by atoms with Gasteiger partial charge >= 0.3 is 0 Å². The molecular formula is C21H19N5O3S. The van der Waals surface area contributed by atoms with E-state index < -0.39 is 0 Å². The van der Waals surface area contributed by atoms with E-state index in [0.717, 1.165) is 16.9 Å². The van der Waals surface area contributed by atoms with Gasteiger partial charge in [-0.05, 0) is 17.7 Å². The van der Waals surface area contributed by atoms with Crippen LogP contribution in [0, 0.1) is 0 Å². The molecule has 2 N–H and O–H groups in total. The molecule has 2 aromatic carbocycles. The molecule has 152 valence electrons. The van der Waals surface area contributed by atoms with Crippen LogP contribution in [0.25, 0.3) is 17.0 Å². The molecule has 0 radical (unpaired) electrons. The van der Waals surface area contributed by atoms with E-state index in [0.29, 0.717) is 23.2 Å². The number of thioether (sulfide) groups is 1. The van der Waals surface area contributed by atoms with Gasteiger partial charge in [-0.15, -0.1) is 0 Å². The summed E-state index contributed by atoms with van der Waals surface area (Å²) in [5.41, 5.74) is 1.95. The number of carbonyl (C=O) groups is 1. The van der Waals surface area contributed by atoms with Crippen molar-refractivity contribution in [1.82, 2.24) is 24.9 Å². The van der Waals surface area contributed by atoms with Gasteiger partial charge in [-0.2, -0.15) is 0 Å². The summed E-state index contributed by atoms with van der Waals surface area (Å²) >= 11 is 1.23. The molecule has 4 rings (SSSR count). The van der Waals surface area contributed by atoms with Crippen molar-refractivity contribution in [2.45, 2.75) is 11.7 Å². The van der Waals surface area contributed by atoms with Crippen molar-refractivity contribution >= 4 is 23.3 Å². The van der Waals surface area contributed by atoms with Gasteiger partial charge in [0.25, 0.3) is 5.56 Å². The Kier molecular flexibility index (Phi) is 5.80. The first-order chi connectivity index (χ1) is 14.6. The minimum atomic E-state index is -0.279. The molecular weight excluding hydrogens is 402 g/mol. The molecule has 0 atom stereocenters. The molecule has 0 saturated carbocycles. The molecule has 0 bridgehead atoms. The number of H-pyrrole nitrogens is 1. The van der Waals surface area contributed by atoms with Crippen molar-refractivity contribution in [1.29, 1.82) is 0 Å². The highest BCUT2D eigenvalue weighted by Gasteiger charge is 2.13. The van der Waals surface area contributed by atoms with Gasteiger partial charge in [-0.3, -0.25) is 14.7 Å². The quantitative estimate of drug-likeness (QED) is 0.445. The van der Waals surface area contributed by atoms with Crippen LogP contribution in [-0.2, 0) is 11.3 Å². The first-order valence-electron chi connectivity index (χ1n) is 9.20. The summed E-state index contributed by atoms with van der Waals surface area (Å²) in [5.74, 6) is 1.23. The van der Waals surface area contributed by atoms with Crippen LogP contribution in [-0.4, -0.2) is 38.4 Å². The van der Waals surface area contributed by atoms with Gasteiger partial charge in [0.05, 0.1) is 12.9 Å². The number of amides is 1. The summed E-state index contributed by atoms with van der Waals surface area (Å²) in [6, 6.07) is 18.4. The van der Waals surface area contributed by atoms with Gasteiger partial charge in [-0.1, -0.05) is 54.2 Å². The summed E-state index contributed by atoms with van der Waals surface area (Å²) in [7, 11) is 1.60. The molecule has 0 saturated heterocycles. The zero-order valence-electron chi connectivity index (χ0n) is 16.2. The van der Waals surface area contributed by atoms with Crippen molar-refractivity contribution in [2.24, 2.45) is 0 Å². The van der Waals surface area contributed by atoms with Gasteiger partial charge in [0.2, 0.25) is 5.91 Å². The Balaban J connectivity index is 1.49. The highest BCUT2D eigenvalue weighted by molar-refractivity contribution is 7.99. The Morgan fingerprint density at radius 3 is 2.77 bits per heavy atom. The number of benzene rings is 2. The Hall–Kier alpha value is -3.59. The molecule has 2 heterocycles. The maximum atomic E-state index is 12.4. The first-order valence-corrected chi connectivity index (χ1v) is 10.2. The fraction of sp³-hybridized carbons (Fsp3) is 0.143. The third-order valence-electron chi connectivity index (χ3n) is 4.31. The van der Waals surface area contributed by atoms with Gasteiger partial charge in [-0.25, -0.2) is 14.5 Å². The normalized spacial score (nSPS) is 10.8. The molecule has 0 aliphatic heterocycles. The number of nitrogens with zero attached hydrogens (tertiary/aromatic N) is 3. The number of nitrogens with one attached hydrogen (secondary N) is 2. The molecule has 0 aliphatic rings. The van der Waals surface area contributed by atoms with Crippen molar-refractivity contribution < 1.29 is 9.53 Å². The van der Waals surface area contributed by atoms with Crippen LogP contribution in [0.3, 0.4) is 0 Å². The molecule has 8 nitrogen and oxygen atoms in total. The second-order valence-electron chi connectivity index (χ2n) is 6.43. The minimum Gasteiger partial charge on any atom is -0.497 e. The Bertz CT molecular complexity index is 1240. The molecule has 0 unspecified atom stereocenters. The van der Waals surface area contributed by atoms with E-state index >= 15 is 0 Å². The number of ether oxygens (including phenoxy) is 1. The van der Waals surface area contributed by atoms with Crippen LogP contribution in [0.15, 0.2) is 70.6 Å². The Morgan fingerprint density at radius 2 is 1.97 bits per heavy atom. The number of fused-ring (bicyclic) bond motifs is 1. The maximum Gasteiger partial charge on any atom is 0.266 e. The molecule has 1 amide bonds. The molecule has 2 aromatic heterocycles. The third kappa shape index (κ3) is 4.52. The highest BCUT2D eigenvalue weighted by Crippen LogP contribution is 2.21. The van der Waals surface area contributed by atoms with Crippen molar-refractivity contribution in [3.8, 4) is 17.1 Å². The predicted molar refractivity (Wildman–Crippen MR) is 115 cm³/mol. The number of hydrogen-bond acceptors (Lipinski definition) is 6. The maximum absolute atomic E-state index is 12.4. The summed E-state index contributed by atoms with van der Waals surface area (Å²) in [6.45, 7) is 0.394. The lowest BCUT2D eigenvalue weighted by Crippen LogP contribution is -2.24. The fourth-order valence-electron chi connectivity index (χ4n) is 2.86. The summed E-state index contributed by atoms with van der Waals surface area (Å²) in [6.07, 6.45) is 0. The van der Waals surface area contributed by atoms with Crippen LogP contribution in [0.1, 0.15) is 5.56 Å². The number of hydrogen-bond donors (Lipinski definition) is 2. The second kappa shape index (κ2) is 8.83. The van der Waals surface area contributed by atoms with E-state index in [4.69, 9.17) is 4.74 Å². The molecule has 4 aromatic rings. The molecule has 0 aliphatic carbocycles. The average molecular weight is 421 g/mol. The van der Waals surface area contributed by atoms with E-state index in [1.807, 2.05) is 54.6 Å². The Labute approximate surface area is 176 Å². The number of rotatable bonds is 7. The topological polar surface area (TPSA) is 101 Å². The number of carbonyl (C=O) groups excluding carboxylic acids is 1. The third-order valence-corrected chi connectivity index (χ3v) is 5.25. The highest BCUT2D eigenvalue weighted by atomic mass is 32.2. The van der Waals surface area contributed by atoms with Crippen LogP contribution >= 0.6 is 11.8 Å². The first kappa shape index (κ1) is 19.7. The van der Waals surface area contributed by atoms with Gasteiger partial charge in [0.15, 0.2) is 16.6 Å². The van der Waals surface area contributed by atoms with Crippen LogP contribution in [0.5, 0.6) is 5.75 Å². The van der Waals surface area contributed by atoms with E-state index in [9.17, 15) is 9.59 Å². The van der Waals surface area contributed by atoms with Crippen LogP contribution in [0.4, 0.5) is 0 Å². The fourth-order valence-corrected chi connectivity index (χ4v) is 3.64. The molecule has 9 heteroatoms. The van der Waals surface area contributed by atoms with E-state index in [1.54, 1.807) is 7.11 Å². The zero-order valence-corrected chi connectivity index (χ0v) is 17.0. The largest absolute Gasteiger partial charge is 0.497 e. The van der Waals surface area contributed by atoms with Gasteiger partial charge < -0.3 is 10.1 Å². The Morgan fingerprint density at radius 1 is 1.13 bits per heavy atom. The minimum absolute atomic E-state index is 0.143. The second-order valence-corrected chi connectivity index (χ2v) is 7.37. The van der Waals surface area contributed by atoms with Crippen LogP contribution < -0.4 is 15.6 Å². The van der Waals surface area contributed by atoms with Crippen molar-refractivity contribution in [2.75, 3.05) is 12.9 Å². The lowest BCUT2D eigenvalue weighted by Gasteiger charge is -2.09. The summed E-state index contributed by atoms with van der Waals surface area (Å²) < 4.78 is 6.69. The van der Waals surface area contributed by atoms with Gasteiger partial charge in [0, 0.05) is 18.2 Å². The number of aromatic nitrogens is 4. The summed E-state index contributed by atoms with van der Waals surface area (Å²) in [5, 5.41) is 6.03. The van der Waals surface area contributed by atoms with Gasteiger partial charge in [0.1, 0.15) is 5.75 Å². The van der Waals surface area contributed by atoms with Crippen molar-refractivity contribution in [3.05, 3.63) is 76.6 Å². The monoisotopic (exact) mass is 421 g/mol. The standard InChI is InChI=1S/C21H19N5O3S/c1-29-16-9-5-6-14(10-16)12-22-19(28)13-30-21-24-20(15-7-3-2-4-8-15)23-17-11-18(27)25-26(17)21/h2-11H,12-13H2,1H3,(H,22,28)(H,25,27). The number of methoxy groups -OCH3 is 1. The van der Waals surface area contributed by atoms with E-state index in [1.165, 1.54) is 22.3 Å². The molecule has 0 spiro atoms. The van der Waals surface area contributed by atoms with E-state index in [-0.39, 0.29) is 17.2 Å². The SMILES string of the molecule is COc1cccc(CNC(=O)CSc2nc(-c3ccccc3)nc3cc(=O)[nH]n23)c1. The lowest BCUT2D eigenvalue weighted by atomic mass is 10.2. The lowest BCUT2D eigenvalue weighted by molar-refractivity contribution is -0.118. The zero-order chi connectivity index (χ0) is 20.9. The molecule has 30 heavy (non-hydrogen) atoms. The smallest absolute Gasteiger partial charge is 0.266 e. The van der Waals surface area contributed by atoms with Crippen LogP contribution in [0.2, 0.25) is 0 Å². The summed E-state index contributed by atoms with van der Waals surface area (Å²) in [4.78, 5) is 33.1. The number of aromatic amines is 1. The van der Waals surface area contributed by atoms with Crippen molar-refractivity contribution in [3.63, 3.8) is 0 Å².